The number of rotatable bonds is 7. The average Bonchev–Trinajstić information content (AvgIpc) is 2.64. The maximum atomic E-state index is 11.4. The van der Waals surface area contributed by atoms with Crippen molar-refractivity contribution in [2.45, 2.75) is 13.0 Å². The van der Waals surface area contributed by atoms with E-state index in [1.165, 1.54) is 0 Å². The number of nitrogens with two attached hydrogens (primary N) is 1. The molecule has 3 rings (SSSR count). The number of nitrogen functional groups attached to an aromatic ring is 1. The Labute approximate surface area is 139 Å². The maximum absolute atomic E-state index is 11.4. The number of nitrogens with one attached hydrogen (secondary N) is 1. The number of anilines is 2. The fourth-order valence-corrected chi connectivity index (χ4v) is 2.49. The van der Waals surface area contributed by atoms with E-state index in [-0.39, 0.29) is 11.4 Å². The third-order valence-electron chi connectivity index (χ3n) is 3.85. The van der Waals surface area contributed by atoms with E-state index in [0.29, 0.717) is 19.6 Å². The molecule has 0 heterocycles. The molecule has 0 aromatic heterocycles. The van der Waals surface area contributed by atoms with Crippen LogP contribution in [-0.4, -0.2) is 6.54 Å². The molecular weight excluding hydrogens is 304 g/mol. The molecule has 0 aliphatic rings. The van der Waals surface area contributed by atoms with Gasteiger partial charge >= 0.3 is 0 Å². The van der Waals surface area contributed by atoms with Gasteiger partial charge in [-0.2, -0.15) is 0 Å². The highest BCUT2D eigenvalue weighted by molar-refractivity contribution is 5.71. The zero-order valence-electron chi connectivity index (χ0n) is 13.1. The number of hydrogen-bond donors (Lipinski definition) is 2. The van der Waals surface area contributed by atoms with Crippen LogP contribution in [0.4, 0.5) is 11.4 Å². The Hall–Kier alpha value is -3.08. The van der Waals surface area contributed by atoms with Gasteiger partial charge in [-0.3, -0.25) is 9.59 Å². The normalized spacial score (nSPS) is 10.7. The highest BCUT2D eigenvalue weighted by Crippen LogP contribution is 2.20. The van der Waals surface area contributed by atoms with Gasteiger partial charge in [0.15, 0.2) is 0 Å². The van der Waals surface area contributed by atoms with Crippen LogP contribution in [0.15, 0.2) is 64.2 Å². The minimum absolute atomic E-state index is 0.0219. The molecule has 5 nitrogen and oxygen atoms in total. The Balaban J connectivity index is 1.60. The van der Waals surface area contributed by atoms with Crippen molar-refractivity contribution in [3.8, 4) is 5.75 Å². The summed E-state index contributed by atoms with van der Waals surface area (Å²) >= 11 is 0. The molecule has 3 aromatic carbocycles. The Morgan fingerprint density at radius 2 is 1.62 bits per heavy atom. The Morgan fingerprint density at radius 1 is 0.917 bits per heavy atom. The largest absolute Gasteiger partial charge is 0.489 e. The molecule has 5 heteroatoms. The summed E-state index contributed by atoms with van der Waals surface area (Å²) in [5.41, 5.74) is 6.72. The molecule has 3 N–H and O–H groups in total. The van der Waals surface area contributed by atoms with Crippen LogP contribution in [0.1, 0.15) is 11.1 Å². The highest BCUT2D eigenvalue weighted by atomic mass is 16.5. The van der Waals surface area contributed by atoms with Crippen LogP contribution in [0.25, 0.3) is 0 Å². The van der Waals surface area contributed by atoms with Crippen LogP contribution >= 0.6 is 0 Å². The van der Waals surface area contributed by atoms with E-state index in [2.05, 4.69) is 5.32 Å². The third-order valence-corrected chi connectivity index (χ3v) is 3.85. The molecule has 3 aromatic rings. The lowest BCUT2D eigenvalue weighted by Gasteiger charge is -2.13. The molecule has 0 unspecified atom stereocenters. The van der Waals surface area contributed by atoms with Crippen molar-refractivity contribution >= 4 is 11.4 Å². The predicted octanol–water partition coefficient (Wildman–Crippen LogP) is 2.10. The van der Waals surface area contributed by atoms with E-state index in [9.17, 15) is 9.59 Å². The first-order valence-corrected chi connectivity index (χ1v) is 7.74. The lowest BCUT2D eigenvalue weighted by atomic mass is 10.1. The molecule has 0 aliphatic heterocycles. The van der Waals surface area contributed by atoms with Gasteiger partial charge < -0.3 is 15.8 Å². The average molecular weight is 322 g/mol. The summed E-state index contributed by atoms with van der Waals surface area (Å²) in [6.45, 7) is 0.997. The first kappa shape index (κ1) is 15.8. The molecule has 0 radical (unpaired) electrons. The van der Waals surface area contributed by atoms with Crippen LogP contribution < -0.4 is 26.6 Å². The van der Waals surface area contributed by atoms with Crippen LogP contribution in [0.2, 0.25) is 0 Å². The summed E-state index contributed by atoms with van der Waals surface area (Å²) in [5.74, 6) is 0.807. The standard InChI is InChI=1S/C19H18N2O3/c20-16-17(19(23)18(16)22)21-11-10-14-8-4-5-9-15(14)24-12-13-6-2-1-3-7-13/h1-9,21H,10-12,20H2. The van der Waals surface area contributed by atoms with Crippen LogP contribution in [0, 0.1) is 0 Å². The third kappa shape index (κ3) is 3.30. The van der Waals surface area contributed by atoms with Gasteiger partial charge in [-0.05, 0) is 23.6 Å². The second kappa shape index (κ2) is 7.00. The second-order valence-electron chi connectivity index (χ2n) is 5.51. The van der Waals surface area contributed by atoms with Crippen molar-refractivity contribution in [1.82, 2.24) is 0 Å². The zero-order valence-corrected chi connectivity index (χ0v) is 13.1. The molecule has 0 saturated heterocycles. The van der Waals surface area contributed by atoms with Crippen LogP contribution in [0.3, 0.4) is 0 Å². The lowest BCUT2D eigenvalue weighted by Crippen LogP contribution is -2.37. The molecular formula is C19H18N2O3. The van der Waals surface area contributed by atoms with E-state index >= 15 is 0 Å². The topological polar surface area (TPSA) is 81.4 Å². The molecule has 0 atom stereocenters. The molecule has 0 bridgehead atoms. The van der Waals surface area contributed by atoms with Gasteiger partial charge in [0.1, 0.15) is 23.7 Å². The van der Waals surface area contributed by atoms with Crippen molar-refractivity contribution in [1.29, 1.82) is 0 Å². The highest BCUT2D eigenvalue weighted by Gasteiger charge is 2.17. The first-order chi connectivity index (χ1) is 11.7. The summed E-state index contributed by atoms with van der Waals surface area (Å²) in [4.78, 5) is 22.5. The van der Waals surface area contributed by atoms with Gasteiger partial charge in [-0.25, -0.2) is 0 Å². The van der Waals surface area contributed by atoms with E-state index in [1.54, 1.807) is 0 Å². The number of para-hydroxylation sites is 1. The lowest BCUT2D eigenvalue weighted by molar-refractivity contribution is 0.303. The van der Waals surface area contributed by atoms with Gasteiger partial charge in [-0.15, -0.1) is 0 Å². The molecule has 0 spiro atoms. The molecule has 0 amide bonds. The fraction of sp³-hybridized carbons (Fsp3) is 0.158. The van der Waals surface area contributed by atoms with Crippen molar-refractivity contribution in [3.05, 3.63) is 86.2 Å². The predicted molar refractivity (Wildman–Crippen MR) is 95.2 cm³/mol. The van der Waals surface area contributed by atoms with Crippen LogP contribution in [0.5, 0.6) is 5.75 Å². The van der Waals surface area contributed by atoms with E-state index in [4.69, 9.17) is 10.5 Å². The summed E-state index contributed by atoms with van der Waals surface area (Å²) in [7, 11) is 0. The zero-order chi connectivity index (χ0) is 16.9. The minimum Gasteiger partial charge on any atom is -0.489 e. The van der Waals surface area contributed by atoms with Gasteiger partial charge in [0.2, 0.25) is 0 Å². The van der Waals surface area contributed by atoms with Crippen molar-refractivity contribution in [3.63, 3.8) is 0 Å². The molecule has 0 fully saturated rings. The van der Waals surface area contributed by atoms with E-state index < -0.39 is 10.9 Å². The second-order valence-corrected chi connectivity index (χ2v) is 5.51. The van der Waals surface area contributed by atoms with E-state index in [0.717, 1.165) is 16.9 Å². The summed E-state index contributed by atoms with van der Waals surface area (Å²) in [5, 5.41) is 2.93. The monoisotopic (exact) mass is 322 g/mol. The van der Waals surface area contributed by atoms with Crippen molar-refractivity contribution in [2.24, 2.45) is 0 Å². The quantitative estimate of drug-likeness (QED) is 0.651. The minimum atomic E-state index is -0.607. The summed E-state index contributed by atoms with van der Waals surface area (Å²) in [6.07, 6.45) is 0.656. The Morgan fingerprint density at radius 3 is 2.38 bits per heavy atom. The van der Waals surface area contributed by atoms with E-state index in [1.807, 2.05) is 54.6 Å². The van der Waals surface area contributed by atoms with Gasteiger partial charge in [0.05, 0.1) is 0 Å². The van der Waals surface area contributed by atoms with Crippen LogP contribution in [-0.2, 0) is 13.0 Å². The molecule has 0 aliphatic carbocycles. The van der Waals surface area contributed by atoms with Gasteiger partial charge in [0, 0.05) is 6.54 Å². The molecule has 24 heavy (non-hydrogen) atoms. The van der Waals surface area contributed by atoms with Crippen molar-refractivity contribution in [2.75, 3.05) is 17.6 Å². The summed E-state index contributed by atoms with van der Waals surface area (Å²) < 4.78 is 5.89. The fourth-order valence-electron chi connectivity index (χ4n) is 2.49. The number of benzene rings is 2. The van der Waals surface area contributed by atoms with Gasteiger partial charge in [-0.1, -0.05) is 48.5 Å². The Kier molecular flexibility index (Phi) is 4.61. The Bertz CT molecular complexity index is 897. The van der Waals surface area contributed by atoms with Crippen molar-refractivity contribution < 1.29 is 4.74 Å². The number of hydrogen-bond acceptors (Lipinski definition) is 5. The summed E-state index contributed by atoms with van der Waals surface area (Å²) in [6, 6.07) is 17.7. The SMILES string of the molecule is Nc1c(NCCc2ccccc2OCc2ccccc2)c(=O)c1=O. The smallest absolute Gasteiger partial charge is 0.253 e. The van der Waals surface area contributed by atoms with Gasteiger partial charge in [0.25, 0.3) is 10.9 Å². The first-order valence-electron chi connectivity index (χ1n) is 7.74. The molecule has 0 saturated carbocycles. The molecule has 122 valence electrons. The maximum Gasteiger partial charge on any atom is 0.253 e. The number of ether oxygens (including phenoxy) is 1.